The van der Waals surface area contributed by atoms with E-state index in [0.717, 1.165) is 15.4 Å². The first-order valence-corrected chi connectivity index (χ1v) is 12.2. The highest BCUT2D eigenvalue weighted by atomic mass is 35.5. The van der Waals surface area contributed by atoms with E-state index in [4.69, 9.17) is 34.8 Å². The number of sulfonamides is 1. The summed E-state index contributed by atoms with van der Waals surface area (Å²) in [6.07, 6.45) is 0. The van der Waals surface area contributed by atoms with Crippen LogP contribution < -0.4 is 5.32 Å². The Hall–Kier alpha value is -2.09. The molecule has 3 aromatic carbocycles. The van der Waals surface area contributed by atoms with E-state index in [1.165, 1.54) is 18.2 Å². The molecule has 5 nitrogen and oxygen atoms in total. The van der Waals surface area contributed by atoms with E-state index in [1.54, 1.807) is 42.5 Å². The minimum atomic E-state index is -3.99. The fourth-order valence-electron chi connectivity index (χ4n) is 3.00. The summed E-state index contributed by atoms with van der Waals surface area (Å²) in [6.45, 7) is 3.16. The van der Waals surface area contributed by atoms with Crippen LogP contribution in [0.25, 0.3) is 0 Å². The first kappa shape index (κ1) is 24.6. The number of nitrogens with one attached hydrogen (secondary N) is 1. The van der Waals surface area contributed by atoms with Crippen LogP contribution in [0.1, 0.15) is 16.7 Å². The van der Waals surface area contributed by atoms with Gasteiger partial charge in [0.1, 0.15) is 0 Å². The topological polar surface area (TPSA) is 66.5 Å². The third kappa shape index (κ3) is 6.03. The van der Waals surface area contributed by atoms with E-state index in [-0.39, 0.29) is 11.4 Å². The van der Waals surface area contributed by atoms with Crippen LogP contribution in [0.4, 0.5) is 5.69 Å². The zero-order valence-electron chi connectivity index (χ0n) is 17.4. The zero-order chi connectivity index (χ0) is 23.5. The average Bonchev–Trinajstić information content (AvgIpc) is 2.72. The standard InChI is InChI=1S/C23H21Cl3N2O3S/c1-15-3-9-20(10-4-15)32(30,31)28(13-17-6-8-18(24)11-21(17)26)14-23(29)27-22-12-19(25)7-5-16(22)2/h3-12H,13-14H2,1-2H3,(H,27,29). The van der Waals surface area contributed by atoms with Crippen LogP contribution >= 0.6 is 34.8 Å². The molecule has 0 atom stereocenters. The van der Waals surface area contributed by atoms with Crippen molar-refractivity contribution >= 4 is 56.4 Å². The van der Waals surface area contributed by atoms with Gasteiger partial charge in [0.2, 0.25) is 15.9 Å². The normalized spacial score (nSPS) is 11.6. The van der Waals surface area contributed by atoms with Crippen molar-refractivity contribution in [1.29, 1.82) is 0 Å². The summed E-state index contributed by atoms with van der Waals surface area (Å²) in [4.78, 5) is 12.9. The Morgan fingerprint density at radius 1 is 0.906 bits per heavy atom. The van der Waals surface area contributed by atoms with Gasteiger partial charge >= 0.3 is 0 Å². The Labute approximate surface area is 203 Å². The number of aryl methyl sites for hydroxylation is 2. The Morgan fingerprint density at radius 3 is 2.19 bits per heavy atom. The van der Waals surface area contributed by atoms with Gasteiger partial charge in [0, 0.05) is 27.3 Å². The molecule has 0 aliphatic heterocycles. The molecule has 0 radical (unpaired) electrons. The summed E-state index contributed by atoms with van der Waals surface area (Å²) < 4.78 is 27.9. The quantitative estimate of drug-likeness (QED) is 0.417. The van der Waals surface area contributed by atoms with Crippen LogP contribution in [0, 0.1) is 13.8 Å². The Balaban J connectivity index is 1.93. The highest BCUT2D eigenvalue weighted by Crippen LogP contribution is 2.26. The number of halogens is 3. The van der Waals surface area contributed by atoms with Crippen molar-refractivity contribution in [1.82, 2.24) is 4.31 Å². The molecule has 9 heteroatoms. The largest absolute Gasteiger partial charge is 0.325 e. The molecule has 0 unspecified atom stereocenters. The second-order valence-corrected chi connectivity index (χ2v) is 10.5. The third-order valence-corrected chi connectivity index (χ3v) is 7.44. The van der Waals surface area contributed by atoms with Gasteiger partial charge in [0.25, 0.3) is 0 Å². The summed E-state index contributed by atoms with van der Waals surface area (Å²) in [6, 6.07) is 16.3. The summed E-state index contributed by atoms with van der Waals surface area (Å²) in [5, 5.41) is 3.95. The lowest BCUT2D eigenvalue weighted by Crippen LogP contribution is -2.37. The van der Waals surface area contributed by atoms with Gasteiger partial charge < -0.3 is 5.32 Å². The van der Waals surface area contributed by atoms with Gasteiger partial charge in [0.15, 0.2) is 0 Å². The number of amides is 1. The zero-order valence-corrected chi connectivity index (χ0v) is 20.5. The fourth-order valence-corrected chi connectivity index (χ4v) is 5.02. The molecule has 0 bridgehead atoms. The number of nitrogens with zero attached hydrogens (tertiary/aromatic N) is 1. The van der Waals surface area contributed by atoms with E-state index in [9.17, 15) is 13.2 Å². The number of rotatable bonds is 7. The summed E-state index contributed by atoms with van der Waals surface area (Å²) in [7, 11) is -3.99. The second kappa shape index (κ2) is 10.2. The van der Waals surface area contributed by atoms with E-state index in [1.807, 2.05) is 13.8 Å². The van der Waals surface area contributed by atoms with Crippen molar-refractivity contribution in [3.63, 3.8) is 0 Å². The molecule has 0 saturated carbocycles. The van der Waals surface area contributed by atoms with Gasteiger partial charge in [-0.2, -0.15) is 4.31 Å². The summed E-state index contributed by atoms with van der Waals surface area (Å²) in [5.74, 6) is -0.504. The van der Waals surface area contributed by atoms with Crippen LogP contribution in [0.2, 0.25) is 15.1 Å². The number of anilines is 1. The SMILES string of the molecule is Cc1ccc(S(=O)(=O)N(CC(=O)Nc2cc(Cl)ccc2C)Cc2ccc(Cl)cc2Cl)cc1. The average molecular weight is 512 g/mol. The maximum Gasteiger partial charge on any atom is 0.243 e. The lowest BCUT2D eigenvalue weighted by Gasteiger charge is -2.23. The second-order valence-electron chi connectivity index (χ2n) is 7.33. The number of hydrogen-bond donors (Lipinski definition) is 1. The van der Waals surface area contributed by atoms with Gasteiger partial charge in [-0.25, -0.2) is 8.42 Å². The van der Waals surface area contributed by atoms with Crippen LogP contribution in [-0.4, -0.2) is 25.2 Å². The van der Waals surface area contributed by atoms with Crippen LogP contribution in [0.3, 0.4) is 0 Å². The number of benzene rings is 3. The third-order valence-electron chi connectivity index (χ3n) is 4.81. The van der Waals surface area contributed by atoms with Crippen LogP contribution in [0.15, 0.2) is 65.6 Å². The molecular formula is C23H21Cl3N2O3S. The van der Waals surface area contributed by atoms with E-state index >= 15 is 0 Å². The maximum atomic E-state index is 13.4. The van der Waals surface area contributed by atoms with Crippen LogP contribution in [0.5, 0.6) is 0 Å². The van der Waals surface area contributed by atoms with Gasteiger partial charge in [-0.3, -0.25) is 4.79 Å². The fraction of sp³-hybridized carbons (Fsp3) is 0.174. The van der Waals surface area contributed by atoms with E-state index in [0.29, 0.717) is 26.3 Å². The molecule has 0 spiro atoms. The lowest BCUT2D eigenvalue weighted by molar-refractivity contribution is -0.116. The van der Waals surface area contributed by atoms with Crippen molar-refractivity contribution in [3.8, 4) is 0 Å². The minimum Gasteiger partial charge on any atom is -0.325 e. The monoisotopic (exact) mass is 510 g/mol. The minimum absolute atomic E-state index is 0.0833. The van der Waals surface area contributed by atoms with Crippen molar-refractivity contribution in [2.75, 3.05) is 11.9 Å². The Morgan fingerprint density at radius 2 is 1.53 bits per heavy atom. The Kier molecular flexibility index (Phi) is 7.85. The molecule has 0 aromatic heterocycles. The smallest absolute Gasteiger partial charge is 0.243 e. The number of carbonyl (C=O) groups excluding carboxylic acids is 1. The number of hydrogen-bond acceptors (Lipinski definition) is 3. The summed E-state index contributed by atoms with van der Waals surface area (Å²) >= 11 is 18.3. The van der Waals surface area contributed by atoms with Gasteiger partial charge in [-0.05, 0) is 61.4 Å². The highest BCUT2D eigenvalue weighted by molar-refractivity contribution is 7.89. The molecule has 168 valence electrons. The molecule has 0 fully saturated rings. The molecular weight excluding hydrogens is 491 g/mol. The van der Waals surface area contributed by atoms with Gasteiger partial charge in [-0.1, -0.05) is 64.6 Å². The van der Waals surface area contributed by atoms with Gasteiger partial charge in [0.05, 0.1) is 11.4 Å². The predicted molar refractivity (Wildman–Crippen MR) is 130 cm³/mol. The van der Waals surface area contributed by atoms with E-state index < -0.39 is 22.5 Å². The first-order chi connectivity index (χ1) is 15.1. The van der Waals surface area contributed by atoms with Crippen molar-refractivity contribution in [3.05, 3.63) is 92.4 Å². The maximum absolute atomic E-state index is 13.4. The lowest BCUT2D eigenvalue weighted by atomic mass is 10.2. The molecule has 1 N–H and O–H groups in total. The Bertz CT molecular complexity index is 1250. The molecule has 0 aliphatic rings. The molecule has 3 rings (SSSR count). The molecule has 0 saturated heterocycles. The van der Waals surface area contributed by atoms with Crippen molar-refractivity contribution in [2.45, 2.75) is 25.3 Å². The van der Waals surface area contributed by atoms with Gasteiger partial charge in [-0.15, -0.1) is 0 Å². The van der Waals surface area contributed by atoms with Crippen molar-refractivity contribution < 1.29 is 13.2 Å². The predicted octanol–water partition coefficient (Wildman–Crippen LogP) is 6.09. The molecule has 0 heterocycles. The molecule has 3 aromatic rings. The molecule has 32 heavy (non-hydrogen) atoms. The number of carbonyl (C=O) groups is 1. The van der Waals surface area contributed by atoms with Crippen molar-refractivity contribution in [2.24, 2.45) is 0 Å². The first-order valence-electron chi connectivity index (χ1n) is 9.63. The van der Waals surface area contributed by atoms with E-state index in [2.05, 4.69) is 5.32 Å². The molecule has 0 aliphatic carbocycles. The van der Waals surface area contributed by atoms with Crippen LogP contribution in [-0.2, 0) is 21.4 Å². The highest BCUT2D eigenvalue weighted by Gasteiger charge is 2.28. The molecule has 1 amide bonds. The summed E-state index contributed by atoms with van der Waals surface area (Å²) in [5.41, 5.74) is 2.76.